The zero-order valence-electron chi connectivity index (χ0n) is 20.6. The van der Waals surface area contributed by atoms with Crippen molar-refractivity contribution < 1.29 is 13.6 Å². The van der Waals surface area contributed by atoms with Gasteiger partial charge >= 0.3 is 6.03 Å². The average Bonchev–Trinajstić information content (AvgIpc) is 3.24. The molecule has 0 bridgehead atoms. The molecule has 7 nitrogen and oxygen atoms in total. The number of fused-ring (bicyclic) bond motifs is 2. The minimum Gasteiger partial charge on any atom is -0.335 e. The predicted octanol–water partition coefficient (Wildman–Crippen LogP) is 3.27. The number of amides is 2. The fourth-order valence-corrected chi connectivity index (χ4v) is 6.91. The predicted molar refractivity (Wildman–Crippen MR) is 132 cm³/mol. The molecule has 1 aromatic carbocycles. The number of carbonyl (C=O) groups excluding carboxylic acids is 1. The number of rotatable bonds is 4. The lowest BCUT2D eigenvalue weighted by Gasteiger charge is -2.49. The molecule has 3 N–H and O–H groups in total. The second kappa shape index (κ2) is 9.68. The second-order valence-corrected chi connectivity index (χ2v) is 11.0. The molecule has 3 saturated heterocycles. The molecule has 0 spiro atoms. The number of nitrogens with zero attached hydrogens (tertiary/aromatic N) is 3. The van der Waals surface area contributed by atoms with Crippen LogP contribution in [0.2, 0.25) is 0 Å². The summed E-state index contributed by atoms with van der Waals surface area (Å²) in [5.41, 5.74) is 9.91. The third kappa shape index (κ3) is 4.71. The largest absolute Gasteiger partial charge is 0.335 e. The zero-order chi connectivity index (χ0) is 24.8. The van der Waals surface area contributed by atoms with E-state index in [1.165, 1.54) is 17.7 Å². The maximum absolute atomic E-state index is 13.7. The van der Waals surface area contributed by atoms with E-state index in [1.54, 1.807) is 0 Å². The summed E-state index contributed by atoms with van der Waals surface area (Å²) in [7, 11) is 0. The Morgan fingerprint density at radius 3 is 2.69 bits per heavy atom. The van der Waals surface area contributed by atoms with Gasteiger partial charge in [0.05, 0.1) is 6.04 Å². The van der Waals surface area contributed by atoms with Gasteiger partial charge in [-0.3, -0.25) is 15.3 Å². The van der Waals surface area contributed by atoms with Crippen molar-refractivity contribution in [3.63, 3.8) is 0 Å². The van der Waals surface area contributed by atoms with Crippen molar-refractivity contribution in [2.45, 2.75) is 63.3 Å². The van der Waals surface area contributed by atoms with Crippen LogP contribution in [0.5, 0.6) is 0 Å². The van der Waals surface area contributed by atoms with Crippen molar-refractivity contribution in [1.82, 2.24) is 31.0 Å². The van der Waals surface area contributed by atoms with Crippen molar-refractivity contribution in [2.24, 2.45) is 11.8 Å². The standard InChI is InChI=1S/C27H34F2N6O/c1-16-7-18(4-5-30-16)26-23-10-19-14-35(27(36)31-24(19)12-25(23)32-33-26)22-3-2-6-34(15-22)13-17-8-20(28)11-21(29)9-17/h4-5,7-9,11,19,22-26,32-33H,2-3,6,10,12-15H2,1H3,(H,31,36)/t19?,22-,23?,24?,25?,26?/m1/s1. The van der Waals surface area contributed by atoms with E-state index in [2.05, 4.69) is 38.2 Å². The van der Waals surface area contributed by atoms with Crippen molar-refractivity contribution in [1.29, 1.82) is 0 Å². The third-order valence-electron chi connectivity index (χ3n) is 8.55. The number of hydrogen-bond acceptors (Lipinski definition) is 5. The maximum atomic E-state index is 13.7. The lowest BCUT2D eigenvalue weighted by atomic mass is 9.71. The average molecular weight is 497 g/mol. The Morgan fingerprint density at radius 1 is 1.06 bits per heavy atom. The summed E-state index contributed by atoms with van der Waals surface area (Å²) in [5.74, 6) is -0.252. The molecule has 6 rings (SSSR count). The topological polar surface area (TPSA) is 72.5 Å². The van der Waals surface area contributed by atoms with E-state index in [0.29, 0.717) is 30.0 Å². The smallest absolute Gasteiger partial charge is 0.317 e. The molecule has 1 aliphatic carbocycles. The summed E-state index contributed by atoms with van der Waals surface area (Å²) in [5, 5.41) is 3.31. The fraction of sp³-hybridized carbons (Fsp3) is 0.556. The normalized spacial score (nSPS) is 32.6. The van der Waals surface area contributed by atoms with Gasteiger partial charge in [0, 0.05) is 55.7 Å². The molecule has 36 heavy (non-hydrogen) atoms. The number of pyridine rings is 1. The minimum atomic E-state index is -0.549. The first-order valence-corrected chi connectivity index (χ1v) is 13.1. The zero-order valence-corrected chi connectivity index (χ0v) is 20.6. The summed E-state index contributed by atoms with van der Waals surface area (Å²) in [6.07, 6.45) is 5.75. The summed E-state index contributed by atoms with van der Waals surface area (Å²) in [4.78, 5) is 21.8. The molecule has 1 saturated carbocycles. The fourth-order valence-electron chi connectivity index (χ4n) is 6.91. The number of nitrogens with one attached hydrogen (secondary N) is 3. The highest BCUT2D eigenvalue weighted by Crippen LogP contribution is 2.42. The quantitative estimate of drug-likeness (QED) is 0.606. The third-order valence-corrected chi connectivity index (χ3v) is 8.55. The van der Waals surface area contributed by atoms with Crippen LogP contribution >= 0.6 is 0 Å². The Labute approximate surface area is 210 Å². The lowest BCUT2D eigenvalue weighted by Crippen LogP contribution is -2.64. The van der Waals surface area contributed by atoms with Crippen LogP contribution in [0.15, 0.2) is 36.5 Å². The molecule has 5 unspecified atom stereocenters. The van der Waals surface area contributed by atoms with Crippen LogP contribution in [-0.4, -0.2) is 58.6 Å². The van der Waals surface area contributed by atoms with Crippen molar-refractivity contribution in [3.05, 3.63) is 65.0 Å². The highest BCUT2D eigenvalue weighted by Gasteiger charge is 2.48. The highest BCUT2D eigenvalue weighted by molar-refractivity contribution is 5.76. The molecule has 1 aromatic heterocycles. The van der Waals surface area contributed by atoms with Crippen molar-refractivity contribution in [2.75, 3.05) is 19.6 Å². The van der Waals surface area contributed by atoms with Gasteiger partial charge in [0.15, 0.2) is 0 Å². The second-order valence-electron chi connectivity index (χ2n) is 11.0. The van der Waals surface area contributed by atoms with E-state index < -0.39 is 11.6 Å². The Hall–Kier alpha value is -2.62. The molecule has 9 heteroatoms. The van der Waals surface area contributed by atoms with Crippen LogP contribution in [0, 0.1) is 30.4 Å². The summed E-state index contributed by atoms with van der Waals surface area (Å²) < 4.78 is 27.4. The number of urea groups is 1. The molecule has 3 aliphatic heterocycles. The SMILES string of the molecule is Cc1cc(C2NNC3CC4NC(=O)N([C@@H]5CCCN(Cc6cc(F)cc(F)c6)C5)CC4CC32)ccn1. The van der Waals surface area contributed by atoms with Gasteiger partial charge in [-0.25, -0.2) is 19.0 Å². The van der Waals surface area contributed by atoms with Gasteiger partial charge < -0.3 is 10.2 Å². The van der Waals surface area contributed by atoms with E-state index in [9.17, 15) is 13.6 Å². The number of benzene rings is 1. The number of aromatic nitrogens is 1. The van der Waals surface area contributed by atoms with Gasteiger partial charge in [0.2, 0.25) is 0 Å². The van der Waals surface area contributed by atoms with E-state index in [0.717, 1.165) is 57.1 Å². The molecule has 4 aliphatic rings. The van der Waals surface area contributed by atoms with Crippen LogP contribution in [0.3, 0.4) is 0 Å². The van der Waals surface area contributed by atoms with Crippen LogP contribution < -0.4 is 16.2 Å². The molecule has 2 aromatic rings. The molecule has 2 amide bonds. The summed E-state index contributed by atoms with van der Waals surface area (Å²) in [6, 6.07) is 8.81. The molecular formula is C27H34F2N6O. The molecule has 4 heterocycles. The molecule has 192 valence electrons. The van der Waals surface area contributed by atoms with Gasteiger partial charge in [-0.1, -0.05) is 0 Å². The Morgan fingerprint density at radius 2 is 1.89 bits per heavy atom. The number of carbonyl (C=O) groups is 1. The Bertz CT molecular complexity index is 1110. The van der Waals surface area contributed by atoms with Gasteiger partial charge in [-0.05, 0) is 86.4 Å². The molecule has 6 atom stereocenters. The number of halogens is 2. The summed E-state index contributed by atoms with van der Waals surface area (Å²) in [6.45, 7) is 4.85. The number of piperidine rings is 1. The van der Waals surface area contributed by atoms with Crippen molar-refractivity contribution >= 4 is 6.03 Å². The van der Waals surface area contributed by atoms with Gasteiger partial charge in [-0.15, -0.1) is 0 Å². The Balaban J connectivity index is 1.13. The lowest BCUT2D eigenvalue weighted by molar-refractivity contribution is 0.0523. The maximum Gasteiger partial charge on any atom is 0.317 e. The first kappa shape index (κ1) is 23.8. The van der Waals surface area contributed by atoms with Crippen LogP contribution in [0.1, 0.15) is 48.5 Å². The minimum absolute atomic E-state index is 0.0191. The van der Waals surface area contributed by atoms with Crippen LogP contribution in [0.25, 0.3) is 0 Å². The van der Waals surface area contributed by atoms with Crippen LogP contribution in [-0.2, 0) is 6.54 Å². The first-order chi connectivity index (χ1) is 17.4. The van der Waals surface area contributed by atoms with E-state index in [4.69, 9.17) is 0 Å². The van der Waals surface area contributed by atoms with Gasteiger partial charge in [0.25, 0.3) is 0 Å². The van der Waals surface area contributed by atoms with Crippen molar-refractivity contribution in [3.8, 4) is 0 Å². The van der Waals surface area contributed by atoms with E-state index in [1.807, 2.05) is 18.0 Å². The summed E-state index contributed by atoms with van der Waals surface area (Å²) >= 11 is 0. The van der Waals surface area contributed by atoms with Gasteiger partial charge in [0.1, 0.15) is 11.6 Å². The Kier molecular flexibility index (Phi) is 6.39. The number of aryl methyl sites for hydroxylation is 1. The number of hydrogen-bond donors (Lipinski definition) is 3. The first-order valence-electron chi connectivity index (χ1n) is 13.1. The number of hydrazine groups is 1. The molecule has 4 fully saturated rings. The highest BCUT2D eigenvalue weighted by atomic mass is 19.1. The molecule has 0 radical (unpaired) electrons. The van der Waals surface area contributed by atoms with Crippen LogP contribution in [0.4, 0.5) is 13.6 Å². The number of likely N-dealkylation sites (tertiary alicyclic amines) is 1. The van der Waals surface area contributed by atoms with E-state index >= 15 is 0 Å². The monoisotopic (exact) mass is 496 g/mol. The van der Waals surface area contributed by atoms with E-state index in [-0.39, 0.29) is 24.2 Å². The van der Waals surface area contributed by atoms with Gasteiger partial charge in [-0.2, -0.15) is 0 Å². The molecular weight excluding hydrogens is 462 g/mol.